The number of benzene rings is 6. The third-order valence-corrected chi connectivity index (χ3v) is 26.0. The molecule has 0 spiro atoms. The van der Waals surface area contributed by atoms with Gasteiger partial charge in [-0.3, -0.25) is 0 Å². The fourth-order valence-corrected chi connectivity index (χ4v) is 19.2. The number of likely N-dealkylation sites (N-methyl/N-ethyl adjacent to an activating group) is 3. The first kappa shape index (κ1) is 94.1. The number of fused-ring (bicyclic) bond motifs is 3. The van der Waals surface area contributed by atoms with Gasteiger partial charge in [0.1, 0.15) is 0 Å². The monoisotopic (exact) mass is 1780 g/mol. The number of amides is 6. The van der Waals surface area contributed by atoms with E-state index >= 15 is 0 Å². The number of ether oxygens (including phenoxy) is 6. The predicted octanol–water partition coefficient (Wildman–Crippen LogP) is 9.61. The van der Waals surface area contributed by atoms with Crippen LogP contribution in [0.4, 0.5) is 14.4 Å². The number of rotatable bonds is 48. The largest absolute Gasteiger partial charge is 0.378 e. The van der Waals surface area contributed by atoms with Crippen LogP contribution in [0.2, 0.25) is 30.1 Å². The molecule has 116 heavy (non-hydrogen) atoms. The van der Waals surface area contributed by atoms with Gasteiger partial charge in [0.05, 0.1) is 94.0 Å². The summed E-state index contributed by atoms with van der Waals surface area (Å²) in [5.74, 6) is -0.383. The quantitative estimate of drug-likeness (QED) is 0.0159. The van der Waals surface area contributed by atoms with E-state index in [4.69, 9.17) is 104 Å². The number of carbonyl (C=O) groups is 3. The first-order valence-corrected chi connectivity index (χ1v) is 45.4. The first-order valence-electron chi connectivity index (χ1n) is 38.7. The van der Waals surface area contributed by atoms with Gasteiger partial charge in [-0.25, -0.2) is 53.8 Å². The molecule has 0 radical (unpaired) electrons. The van der Waals surface area contributed by atoms with Gasteiger partial charge < -0.3 is 80.8 Å². The molecule has 11 N–H and O–H groups in total. The van der Waals surface area contributed by atoms with Crippen molar-refractivity contribution >= 4 is 118 Å². The second-order valence-electron chi connectivity index (χ2n) is 28.9. The standard InChI is InChI=1S/C79H107Cl6N13O15S3/c1-96-49-67(64-43-58(80)46-73(83)70(64)52-96)55-10-4-13-61(40-55)114(102,103)93-25-31-111-37-34-108-28-22-90-76(99)87-19-7-16-79(86,17-8-20-88-77(100)91-23-29-109-35-38-112-32-26-94-115(104,105)62-14-5-11-56(41-62)68-50-97(2)53-71-65(68)44-59(81)47-74(71)84)18-9-21-89-78(101)92-24-30-110-36-39-113-33-27-95-116(106,107)63-15-6-12-57(42-63)69-51-98(3)54-72-66(69)45-60(82)48-75(72)85/h4-6,10-15,40-48,67-69,93-95H,7-9,16-39,49-54,86H2,1-3H3,(H2,87,90,99)(H2,88,91,100)(H2,89,92,101)/t67-,68-,69?/m0/s1. The summed E-state index contributed by atoms with van der Waals surface area (Å²) in [5.41, 5.74) is 14.7. The third kappa shape index (κ3) is 29.8. The van der Waals surface area contributed by atoms with Crippen LogP contribution >= 0.6 is 69.6 Å². The molecule has 3 aliphatic heterocycles. The van der Waals surface area contributed by atoms with Crippen molar-refractivity contribution in [2.24, 2.45) is 5.73 Å². The molecule has 3 heterocycles. The van der Waals surface area contributed by atoms with Crippen molar-refractivity contribution in [3.05, 3.63) is 189 Å². The number of halogens is 6. The molecule has 0 aliphatic carbocycles. The number of nitrogens with zero attached hydrogens (tertiary/aromatic N) is 3. The Kier molecular flexibility index (Phi) is 38.0. The summed E-state index contributed by atoms with van der Waals surface area (Å²) in [4.78, 5) is 45.1. The number of carbonyl (C=O) groups excluding carboxylic acids is 3. The van der Waals surface area contributed by atoms with Crippen LogP contribution in [0.5, 0.6) is 0 Å². The van der Waals surface area contributed by atoms with E-state index in [1.165, 1.54) is 0 Å². The molecule has 0 bridgehead atoms. The predicted molar refractivity (Wildman–Crippen MR) is 453 cm³/mol. The molecular formula is C79H107Cl6N13O15S3. The Labute approximate surface area is 711 Å². The lowest BCUT2D eigenvalue weighted by molar-refractivity contribution is 0.0516. The van der Waals surface area contributed by atoms with Gasteiger partial charge in [-0.2, -0.15) is 0 Å². The van der Waals surface area contributed by atoms with Gasteiger partial charge in [0.2, 0.25) is 30.1 Å². The minimum Gasteiger partial charge on any atom is -0.378 e. The number of hydrogen-bond acceptors (Lipinski definition) is 19. The summed E-state index contributed by atoms with van der Waals surface area (Å²) in [6.07, 6.45) is 3.15. The van der Waals surface area contributed by atoms with Crippen molar-refractivity contribution in [3.8, 4) is 0 Å². The fourth-order valence-electron chi connectivity index (χ4n) is 14.2. The van der Waals surface area contributed by atoms with E-state index in [9.17, 15) is 39.6 Å². The number of nitrogens with one attached hydrogen (secondary N) is 9. The van der Waals surface area contributed by atoms with Crippen LogP contribution < -0.4 is 51.8 Å². The Morgan fingerprint density at radius 3 is 0.888 bits per heavy atom. The summed E-state index contributed by atoms with van der Waals surface area (Å²) in [6, 6.07) is 30.2. The van der Waals surface area contributed by atoms with E-state index in [1.54, 1.807) is 72.8 Å². The van der Waals surface area contributed by atoms with E-state index < -0.39 is 53.7 Å². The van der Waals surface area contributed by atoms with Gasteiger partial charge in [0.25, 0.3) is 0 Å². The molecule has 0 saturated carbocycles. The molecule has 1 unspecified atom stereocenters. The molecule has 638 valence electrons. The number of urea groups is 3. The van der Waals surface area contributed by atoms with Gasteiger partial charge in [-0.05, 0) is 183 Å². The van der Waals surface area contributed by atoms with Crippen LogP contribution in [0.25, 0.3) is 0 Å². The highest BCUT2D eigenvalue weighted by atomic mass is 35.5. The normalized spacial score (nSPS) is 16.1. The van der Waals surface area contributed by atoms with Crippen molar-refractivity contribution in [1.82, 2.24) is 60.8 Å². The zero-order chi connectivity index (χ0) is 83.3. The van der Waals surface area contributed by atoms with E-state index in [0.717, 1.165) is 50.1 Å². The van der Waals surface area contributed by atoms with Gasteiger partial charge in [0.15, 0.2) is 0 Å². The zero-order valence-electron chi connectivity index (χ0n) is 65.5. The summed E-state index contributed by atoms with van der Waals surface area (Å²) >= 11 is 38.8. The summed E-state index contributed by atoms with van der Waals surface area (Å²) in [5, 5.41) is 20.2. The van der Waals surface area contributed by atoms with Crippen LogP contribution in [0.1, 0.15) is 106 Å². The molecule has 6 aromatic rings. The van der Waals surface area contributed by atoms with Crippen molar-refractivity contribution in [2.45, 2.75) is 96.1 Å². The lowest BCUT2D eigenvalue weighted by Gasteiger charge is -2.33. The van der Waals surface area contributed by atoms with Crippen molar-refractivity contribution in [2.75, 3.05) is 179 Å². The molecule has 0 fully saturated rings. The Bertz CT molecular complexity index is 4140. The van der Waals surface area contributed by atoms with Crippen LogP contribution in [0.3, 0.4) is 0 Å². The Morgan fingerprint density at radius 2 is 0.621 bits per heavy atom. The highest BCUT2D eigenvalue weighted by molar-refractivity contribution is 7.90. The van der Waals surface area contributed by atoms with Crippen LogP contribution in [0, 0.1) is 0 Å². The topological polar surface area (TPSA) is 353 Å². The molecule has 6 aromatic carbocycles. The minimum atomic E-state index is -3.86. The molecular weight excluding hydrogens is 1680 g/mol. The van der Waals surface area contributed by atoms with E-state index in [-0.39, 0.29) is 151 Å². The third-order valence-electron chi connectivity index (χ3n) is 19.9. The summed E-state index contributed by atoms with van der Waals surface area (Å²) in [6.45, 7) is 7.87. The molecule has 37 heteroatoms. The maximum Gasteiger partial charge on any atom is 0.314 e. The molecule has 28 nitrogen and oxygen atoms in total. The van der Waals surface area contributed by atoms with Crippen molar-refractivity contribution in [3.63, 3.8) is 0 Å². The highest BCUT2D eigenvalue weighted by Gasteiger charge is 2.33. The van der Waals surface area contributed by atoms with Gasteiger partial charge in [-0.15, -0.1) is 0 Å². The van der Waals surface area contributed by atoms with Gasteiger partial charge in [0, 0.05) is 152 Å². The molecule has 6 amide bonds. The van der Waals surface area contributed by atoms with Crippen molar-refractivity contribution < 1.29 is 68.1 Å². The second kappa shape index (κ2) is 46.8. The van der Waals surface area contributed by atoms with Crippen LogP contribution in [-0.2, 0) is 78.1 Å². The van der Waals surface area contributed by atoms with Gasteiger partial charge >= 0.3 is 18.1 Å². The van der Waals surface area contributed by atoms with E-state index in [0.29, 0.717) is 128 Å². The Balaban J connectivity index is 0.622. The highest BCUT2D eigenvalue weighted by Crippen LogP contribution is 2.42. The van der Waals surface area contributed by atoms with E-state index in [1.807, 2.05) is 57.5 Å². The number of sulfonamides is 3. The van der Waals surface area contributed by atoms with Crippen molar-refractivity contribution in [1.29, 1.82) is 0 Å². The summed E-state index contributed by atoms with van der Waals surface area (Å²) < 4.78 is 122. The Morgan fingerprint density at radius 1 is 0.371 bits per heavy atom. The molecule has 0 saturated heterocycles. The lowest BCUT2D eigenvalue weighted by Crippen LogP contribution is -2.44. The summed E-state index contributed by atoms with van der Waals surface area (Å²) in [7, 11) is -5.59. The van der Waals surface area contributed by atoms with Crippen LogP contribution in [0.15, 0.2) is 124 Å². The molecule has 0 aromatic heterocycles. The second-order valence-corrected chi connectivity index (χ2v) is 36.8. The van der Waals surface area contributed by atoms with Crippen LogP contribution in [-0.4, -0.2) is 243 Å². The smallest absolute Gasteiger partial charge is 0.314 e. The van der Waals surface area contributed by atoms with Gasteiger partial charge in [-0.1, -0.05) is 106 Å². The number of nitrogens with two attached hydrogens (primary N) is 1. The number of hydrogen-bond donors (Lipinski definition) is 10. The molecule has 3 aliphatic rings. The first-order chi connectivity index (χ1) is 55.6. The maximum atomic E-state index is 13.3. The fraction of sp³-hybridized carbons (Fsp3) is 0.506. The SMILES string of the molecule is CN1Cc2c(Cl)cc(Cl)cc2C(c2cccc(S(=O)(=O)NCCOCCOCCNC(=O)NCCCC(N)(CCCNC(=O)NCCOCCOCCNS(=O)(=O)c3cccc([C@@H]4CN(C)Cc5c(Cl)cc(Cl)cc54)c3)CCCNC(=O)NCCOCCOCCNS(=O)(=O)c3cccc([C@@H]4CN(C)Cc5c(Cl)cc(Cl)cc54)c3)c2)C1. The zero-order valence-corrected chi connectivity index (χ0v) is 72.5. The average molecular weight is 1790 g/mol. The lowest BCUT2D eigenvalue weighted by atomic mass is 9.85. The maximum absolute atomic E-state index is 13.3. The molecule has 3 atom stereocenters. The molecule has 9 rings (SSSR count). The minimum absolute atomic E-state index is 0.0395. The average Bonchev–Trinajstić information content (AvgIpc) is 0.781. The Hall–Kier alpha value is -5.80. The van der Waals surface area contributed by atoms with E-state index in [2.05, 4.69) is 60.8 Å².